The van der Waals surface area contributed by atoms with Crippen LogP contribution in [0.4, 0.5) is 20.2 Å². The van der Waals surface area contributed by atoms with E-state index in [4.69, 9.17) is 0 Å². The Kier molecular flexibility index (Phi) is 5.28. The molecule has 1 heterocycles. The van der Waals surface area contributed by atoms with Crippen LogP contribution in [0.15, 0.2) is 42.5 Å². The van der Waals surface area contributed by atoms with E-state index < -0.39 is 11.6 Å². The third-order valence-corrected chi connectivity index (χ3v) is 4.40. The maximum Gasteiger partial charge on any atom is 0.238 e. The van der Waals surface area contributed by atoms with Gasteiger partial charge in [0, 0.05) is 43.6 Å². The molecular weight excluding hydrogens is 324 g/mol. The van der Waals surface area contributed by atoms with Crippen molar-refractivity contribution in [3.63, 3.8) is 0 Å². The van der Waals surface area contributed by atoms with Crippen molar-refractivity contribution in [3.05, 3.63) is 59.7 Å². The molecule has 1 aliphatic rings. The maximum absolute atomic E-state index is 13.2. The van der Waals surface area contributed by atoms with Gasteiger partial charge in [-0.3, -0.25) is 9.69 Å². The Morgan fingerprint density at radius 2 is 1.76 bits per heavy atom. The van der Waals surface area contributed by atoms with Crippen LogP contribution in [0.2, 0.25) is 0 Å². The molecule has 2 aromatic carbocycles. The molecule has 1 aliphatic heterocycles. The van der Waals surface area contributed by atoms with E-state index in [0.717, 1.165) is 38.3 Å². The first kappa shape index (κ1) is 17.4. The highest BCUT2D eigenvalue weighted by Gasteiger charge is 2.20. The van der Waals surface area contributed by atoms with E-state index >= 15 is 0 Å². The number of nitrogens with zero attached hydrogens (tertiary/aromatic N) is 2. The molecule has 0 unspecified atom stereocenters. The second-order valence-electron chi connectivity index (χ2n) is 6.23. The van der Waals surface area contributed by atoms with Crippen molar-refractivity contribution in [1.29, 1.82) is 0 Å². The highest BCUT2D eigenvalue weighted by atomic mass is 19.2. The molecule has 0 aliphatic carbocycles. The number of piperazine rings is 1. The summed E-state index contributed by atoms with van der Waals surface area (Å²) in [7, 11) is 0. The van der Waals surface area contributed by atoms with Gasteiger partial charge in [0.2, 0.25) is 5.91 Å². The Morgan fingerprint density at radius 1 is 1.04 bits per heavy atom. The lowest BCUT2D eigenvalue weighted by Crippen LogP contribution is -2.48. The summed E-state index contributed by atoms with van der Waals surface area (Å²) in [6, 6.07) is 11.6. The molecule has 0 saturated carbocycles. The molecule has 0 radical (unpaired) electrons. The number of hydrogen-bond acceptors (Lipinski definition) is 3. The normalized spacial score (nSPS) is 15.2. The van der Waals surface area contributed by atoms with Crippen molar-refractivity contribution in [3.8, 4) is 0 Å². The summed E-state index contributed by atoms with van der Waals surface area (Å²) in [5.41, 5.74) is 2.74. The van der Waals surface area contributed by atoms with Crippen LogP contribution in [-0.2, 0) is 4.79 Å². The molecule has 25 heavy (non-hydrogen) atoms. The molecule has 0 bridgehead atoms. The molecule has 1 saturated heterocycles. The lowest BCUT2D eigenvalue weighted by atomic mass is 10.1. The van der Waals surface area contributed by atoms with Crippen LogP contribution in [0.5, 0.6) is 0 Å². The molecular formula is C19H21F2N3O. The molecule has 1 N–H and O–H groups in total. The standard InChI is InChI=1S/C19H21F2N3O/c1-14-4-2-3-5-18(14)24-10-8-23(9-11-24)13-19(25)22-15-6-7-16(20)17(21)12-15/h2-7,12H,8-11,13H2,1H3,(H,22,25). The average molecular weight is 345 g/mol. The topological polar surface area (TPSA) is 35.6 Å². The lowest BCUT2D eigenvalue weighted by Gasteiger charge is -2.36. The number of para-hydroxylation sites is 1. The van der Waals surface area contributed by atoms with Gasteiger partial charge in [0.25, 0.3) is 0 Å². The first-order valence-corrected chi connectivity index (χ1v) is 8.31. The predicted octanol–water partition coefficient (Wildman–Crippen LogP) is 3.03. The van der Waals surface area contributed by atoms with Crippen molar-refractivity contribution in [2.45, 2.75) is 6.92 Å². The number of carbonyl (C=O) groups excluding carboxylic acids is 1. The molecule has 3 rings (SSSR count). The van der Waals surface area contributed by atoms with Crippen LogP contribution in [0, 0.1) is 18.6 Å². The van der Waals surface area contributed by atoms with Crippen LogP contribution in [-0.4, -0.2) is 43.5 Å². The third-order valence-electron chi connectivity index (χ3n) is 4.40. The van der Waals surface area contributed by atoms with E-state index in [0.29, 0.717) is 0 Å². The molecule has 4 nitrogen and oxygen atoms in total. The van der Waals surface area contributed by atoms with Crippen LogP contribution in [0.1, 0.15) is 5.56 Å². The van der Waals surface area contributed by atoms with Crippen LogP contribution in [0.3, 0.4) is 0 Å². The van der Waals surface area contributed by atoms with Gasteiger partial charge < -0.3 is 10.2 Å². The van der Waals surface area contributed by atoms with E-state index in [1.165, 1.54) is 17.3 Å². The molecule has 0 spiro atoms. The van der Waals surface area contributed by atoms with E-state index in [1.807, 2.05) is 12.1 Å². The Hall–Kier alpha value is -2.47. The highest BCUT2D eigenvalue weighted by Crippen LogP contribution is 2.20. The second-order valence-corrected chi connectivity index (χ2v) is 6.23. The van der Waals surface area contributed by atoms with E-state index in [2.05, 4.69) is 34.2 Å². The first-order chi connectivity index (χ1) is 12.0. The van der Waals surface area contributed by atoms with Gasteiger partial charge in [-0.25, -0.2) is 8.78 Å². The number of halogens is 2. The number of anilines is 2. The van der Waals surface area contributed by atoms with Crippen LogP contribution >= 0.6 is 0 Å². The van der Waals surface area contributed by atoms with Crippen molar-refractivity contribution in [1.82, 2.24) is 4.90 Å². The summed E-state index contributed by atoms with van der Waals surface area (Å²) in [5.74, 6) is -2.12. The van der Waals surface area contributed by atoms with Gasteiger partial charge in [-0.2, -0.15) is 0 Å². The van der Waals surface area contributed by atoms with Gasteiger partial charge >= 0.3 is 0 Å². The fourth-order valence-corrected chi connectivity index (χ4v) is 3.04. The summed E-state index contributed by atoms with van der Waals surface area (Å²) in [5, 5.41) is 2.61. The monoisotopic (exact) mass is 345 g/mol. The Labute approximate surface area is 146 Å². The summed E-state index contributed by atoms with van der Waals surface area (Å²) >= 11 is 0. The number of carbonyl (C=O) groups is 1. The molecule has 1 amide bonds. The predicted molar refractivity (Wildman–Crippen MR) is 94.8 cm³/mol. The Balaban J connectivity index is 1.51. The Morgan fingerprint density at radius 3 is 2.44 bits per heavy atom. The smallest absolute Gasteiger partial charge is 0.238 e. The number of amides is 1. The Bertz CT molecular complexity index is 758. The zero-order valence-corrected chi connectivity index (χ0v) is 14.1. The number of nitrogens with one attached hydrogen (secondary N) is 1. The summed E-state index contributed by atoms with van der Waals surface area (Å²) in [4.78, 5) is 16.5. The molecule has 0 aromatic heterocycles. The quantitative estimate of drug-likeness (QED) is 0.925. The SMILES string of the molecule is Cc1ccccc1N1CCN(CC(=O)Nc2ccc(F)c(F)c2)CC1. The summed E-state index contributed by atoms with van der Waals surface area (Å²) in [6.45, 7) is 5.59. The molecule has 0 atom stereocenters. The minimum absolute atomic E-state index is 0.227. The van der Waals surface area contributed by atoms with E-state index in [1.54, 1.807) is 0 Å². The minimum Gasteiger partial charge on any atom is -0.369 e. The van der Waals surface area contributed by atoms with Gasteiger partial charge in [0.15, 0.2) is 11.6 Å². The zero-order valence-electron chi connectivity index (χ0n) is 14.1. The largest absolute Gasteiger partial charge is 0.369 e. The van der Waals surface area contributed by atoms with E-state index in [9.17, 15) is 13.6 Å². The van der Waals surface area contributed by atoms with Crippen LogP contribution in [0.25, 0.3) is 0 Å². The van der Waals surface area contributed by atoms with Gasteiger partial charge in [-0.15, -0.1) is 0 Å². The van der Waals surface area contributed by atoms with Gasteiger partial charge in [0.1, 0.15) is 0 Å². The first-order valence-electron chi connectivity index (χ1n) is 8.31. The molecule has 2 aromatic rings. The minimum atomic E-state index is -0.968. The van der Waals surface area contributed by atoms with Crippen molar-refractivity contribution in [2.24, 2.45) is 0 Å². The molecule has 132 valence electrons. The van der Waals surface area contributed by atoms with Gasteiger partial charge in [-0.05, 0) is 30.7 Å². The third kappa shape index (κ3) is 4.33. The van der Waals surface area contributed by atoms with Gasteiger partial charge in [-0.1, -0.05) is 18.2 Å². The number of rotatable bonds is 4. The molecule has 6 heteroatoms. The van der Waals surface area contributed by atoms with Gasteiger partial charge in [0.05, 0.1) is 6.54 Å². The number of benzene rings is 2. The highest BCUT2D eigenvalue weighted by molar-refractivity contribution is 5.92. The lowest BCUT2D eigenvalue weighted by molar-refractivity contribution is -0.117. The maximum atomic E-state index is 13.2. The fraction of sp³-hybridized carbons (Fsp3) is 0.316. The number of hydrogen-bond donors (Lipinski definition) is 1. The summed E-state index contributed by atoms with van der Waals surface area (Å²) < 4.78 is 26.1. The van der Waals surface area contributed by atoms with Crippen LogP contribution < -0.4 is 10.2 Å². The van der Waals surface area contributed by atoms with Crippen molar-refractivity contribution < 1.29 is 13.6 Å². The second kappa shape index (κ2) is 7.61. The summed E-state index contributed by atoms with van der Waals surface area (Å²) in [6.07, 6.45) is 0. The van der Waals surface area contributed by atoms with Crippen molar-refractivity contribution in [2.75, 3.05) is 42.9 Å². The van der Waals surface area contributed by atoms with Crippen molar-refractivity contribution >= 4 is 17.3 Å². The zero-order chi connectivity index (χ0) is 17.8. The average Bonchev–Trinajstić information content (AvgIpc) is 2.59. The number of aryl methyl sites for hydroxylation is 1. The van der Waals surface area contributed by atoms with E-state index in [-0.39, 0.29) is 18.1 Å². The fourth-order valence-electron chi connectivity index (χ4n) is 3.04. The molecule has 1 fully saturated rings.